The number of halogens is 2. The molecule has 0 aliphatic heterocycles. The molecule has 1 atom stereocenters. The lowest BCUT2D eigenvalue weighted by atomic mass is 9.99. The molecule has 20 heavy (non-hydrogen) atoms. The summed E-state index contributed by atoms with van der Waals surface area (Å²) in [5.41, 5.74) is 2.43. The van der Waals surface area contributed by atoms with E-state index in [2.05, 4.69) is 0 Å². The maximum absolute atomic E-state index is 13.2. The molecule has 106 valence electrons. The fourth-order valence-electron chi connectivity index (χ4n) is 2.06. The Hall–Kier alpha value is -1.14. The predicted octanol–water partition coefficient (Wildman–Crippen LogP) is 4.22. The van der Waals surface area contributed by atoms with Gasteiger partial charge in [-0.2, -0.15) is 0 Å². The van der Waals surface area contributed by atoms with Gasteiger partial charge in [-0.3, -0.25) is 0 Å². The normalized spacial score (nSPS) is 12.2. The van der Waals surface area contributed by atoms with Crippen LogP contribution in [-0.4, -0.2) is 11.7 Å². The van der Waals surface area contributed by atoms with E-state index in [1.54, 1.807) is 6.07 Å². The van der Waals surface area contributed by atoms with Gasteiger partial charge in [0.15, 0.2) is 0 Å². The van der Waals surface area contributed by atoms with E-state index < -0.39 is 6.10 Å². The second-order valence-corrected chi connectivity index (χ2v) is 5.70. The second kappa shape index (κ2) is 6.54. The molecule has 4 heteroatoms. The lowest BCUT2D eigenvalue weighted by Gasteiger charge is -2.18. The third kappa shape index (κ3) is 3.30. The van der Waals surface area contributed by atoms with E-state index in [9.17, 15) is 9.50 Å². The first-order valence-electron chi connectivity index (χ1n) is 6.39. The number of aryl methyl sites for hydroxylation is 1. The van der Waals surface area contributed by atoms with E-state index in [1.165, 1.54) is 12.1 Å². The quantitative estimate of drug-likeness (QED) is 0.798. The molecule has 0 heterocycles. The van der Waals surface area contributed by atoms with Crippen LogP contribution in [0.25, 0.3) is 0 Å². The second-order valence-electron chi connectivity index (χ2n) is 4.54. The van der Waals surface area contributed by atoms with Gasteiger partial charge in [0.1, 0.15) is 17.7 Å². The Bertz CT molecular complexity index is 613. The van der Waals surface area contributed by atoms with Crippen LogP contribution < -0.4 is 4.74 Å². The summed E-state index contributed by atoms with van der Waals surface area (Å²) in [6.07, 6.45) is -0.830. The zero-order valence-corrected chi connectivity index (χ0v) is 13.5. The molecule has 0 saturated heterocycles. The number of hydrogen-bond acceptors (Lipinski definition) is 2. The van der Waals surface area contributed by atoms with Crippen molar-refractivity contribution in [2.75, 3.05) is 6.61 Å². The highest BCUT2D eigenvalue weighted by molar-refractivity contribution is 14.1. The number of ether oxygens (including phenoxy) is 1. The van der Waals surface area contributed by atoms with Crippen molar-refractivity contribution in [3.8, 4) is 5.75 Å². The number of hydrogen-bond donors (Lipinski definition) is 1. The van der Waals surface area contributed by atoms with Crippen molar-refractivity contribution in [2.45, 2.75) is 20.0 Å². The molecule has 0 amide bonds. The summed E-state index contributed by atoms with van der Waals surface area (Å²) in [7, 11) is 0. The maximum atomic E-state index is 13.2. The highest BCUT2D eigenvalue weighted by Crippen LogP contribution is 2.33. The molecule has 0 aliphatic rings. The summed E-state index contributed by atoms with van der Waals surface area (Å²) in [6, 6.07) is 10.1. The van der Waals surface area contributed by atoms with Crippen molar-refractivity contribution in [1.29, 1.82) is 0 Å². The molecule has 0 fully saturated rings. The summed E-state index contributed by atoms with van der Waals surface area (Å²) in [4.78, 5) is 0. The van der Waals surface area contributed by atoms with Gasteiger partial charge in [0.25, 0.3) is 0 Å². The van der Waals surface area contributed by atoms with Crippen molar-refractivity contribution in [2.24, 2.45) is 0 Å². The number of benzene rings is 2. The molecular weight excluding hydrogens is 370 g/mol. The Kier molecular flexibility index (Phi) is 4.99. The van der Waals surface area contributed by atoms with Crippen LogP contribution in [-0.2, 0) is 0 Å². The van der Waals surface area contributed by atoms with Crippen LogP contribution in [0.5, 0.6) is 5.75 Å². The van der Waals surface area contributed by atoms with Crippen molar-refractivity contribution >= 4 is 22.6 Å². The Morgan fingerprint density at radius 3 is 2.60 bits per heavy atom. The molecule has 0 bridgehead atoms. The lowest BCUT2D eigenvalue weighted by molar-refractivity contribution is 0.211. The van der Waals surface area contributed by atoms with Gasteiger partial charge in [-0.15, -0.1) is 0 Å². The van der Waals surface area contributed by atoms with E-state index >= 15 is 0 Å². The average molecular weight is 386 g/mol. The SMILES string of the molecule is CCOc1ccc(C)cc1C(O)c1ccc(F)cc1I. The van der Waals surface area contributed by atoms with Crippen LogP contribution in [0.3, 0.4) is 0 Å². The number of aliphatic hydroxyl groups excluding tert-OH is 1. The van der Waals surface area contributed by atoms with Crippen LogP contribution in [0.1, 0.15) is 29.7 Å². The van der Waals surface area contributed by atoms with E-state index in [0.29, 0.717) is 27.1 Å². The van der Waals surface area contributed by atoms with Gasteiger partial charge < -0.3 is 9.84 Å². The molecule has 2 rings (SSSR count). The first kappa shape index (κ1) is 15.3. The standard InChI is InChI=1S/C16H16FIO2/c1-3-20-15-7-4-10(2)8-13(15)16(19)12-6-5-11(17)9-14(12)18/h4-9,16,19H,3H2,1-2H3. The third-order valence-electron chi connectivity index (χ3n) is 3.02. The Morgan fingerprint density at radius 2 is 1.95 bits per heavy atom. The molecule has 1 N–H and O–H groups in total. The van der Waals surface area contributed by atoms with E-state index in [4.69, 9.17) is 4.74 Å². The minimum atomic E-state index is -0.830. The van der Waals surface area contributed by atoms with Gasteiger partial charge in [-0.05, 0) is 66.3 Å². The van der Waals surface area contributed by atoms with Crippen LogP contribution in [0.4, 0.5) is 4.39 Å². The van der Waals surface area contributed by atoms with Gasteiger partial charge >= 0.3 is 0 Å². The molecule has 0 aromatic heterocycles. The summed E-state index contributed by atoms with van der Waals surface area (Å²) >= 11 is 2.03. The van der Waals surface area contributed by atoms with Crippen LogP contribution in [0, 0.1) is 16.3 Å². The lowest BCUT2D eigenvalue weighted by Crippen LogP contribution is -2.06. The molecule has 0 saturated carbocycles. The highest BCUT2D eigenvalue weighted by Gasteiger charge is 2.18. The van der Waals surface area contributed by atoms with Crippen molar-refractivity contribution in [1.82, 2.24) is 0 Å². The van der Waals surface area contributed by atoms with Gasteiger partial charge in [0, 0.05) is 9.13 Å². The summed E-state index contributed by atoms with van der Waals surface area (Å²) in [6.45, 7) is 4.39. The van der Waals surface area contributed by atoms with E-state index in [1.807, 2.05) is 54.6 Å². The Balaban J connectivity index is 2.46. The Morgan fingerprint density at radius 1 is 1.20 bits per heavy atom. The van der Waals surface area contributed by atoms with Gasteiger partial charge in [0.2, 0.25) is 0 Å². The van der Waals surface area contributed by atoms with E-state index in [0.717, 1.165) is 5.56 Å². The summed E-state index contributed by atoms with van der Waals surface area (Å²) in [5, 5.41) is 10.6. The maximum Gasteiger partial charge on any atom is 0.125 e. The van der Waals surface area contributed by atoms with E-state index in [-0.39, 0.29) is 5.82 Å². The van der Waals surface area contributed by atoms with Crippen molar-refractivity contribution in [3.63, 3.8) is 0 Å². The highest BCUT2D eigenvalue weighted by atomic mass is 127. The average Bonchev–Trinajstić information content (AvgIpc) is 2.40. The molecule has 1 unspecified atom stereocenters. The largest absolute Gasteiger partial charge is 0.493 e. The molecule has 2 aromatic rings. The predicted molar refractivity (Wildman–Crippen MR) is 85.5 cm³/mol. The first-order valence-corrected chi connectivity index (χ1v) is 7.47. The monoisotopic (exact) mass is 386 g/mol. The smallest absolute Gasteiger partial charge is 0.125 e. The Labute approximate surface area is 131 Å². The zero-order chi connectivity index (χ0) is 14.7. The number of rotatable bonds is 4. The summed E-state index contributed by atoms with van der Waals surface area (Å²) < 4.78 is 19.4. The minimum Gasteiger partial charge on any atom is -0.493 e. The van der Waals surface area contributed by atoms with Gasteiger partial charge in [-0.1, -0.05) is 17.7 Å². The molecule has 2 nitrogen and oxygen atoms in total. The molecule has 0 radical (unpaired) electrons. The van der Waals surface area contributed by atoms with Crippen LogP contribution in [0.15, 0.2) is 36.4 Å². The number of aliphatic hydroxyl groups is 1. The third-order valence-corrected chi connectivity index (χ3v) is 3.95. The first-order chi connectivity index (χ1) is 9.52. The van der Waals surface area contributed by atoms with Crippen molar-refractivity contribution in [3.05, 3.63) is 62.5 Å². The molecule has 2 aromatic carbocycles. The molecule has 0 spiro atoms. The minimum absolute atomic E-state index is 0.306. The molecule has 0 aliphatic carbocycles. The fourth-order valence-corrected chi connectivity index (χ4v) is 2.83. The summed E-state index contributed by atoms with van der Waals surface area (Å²) in [5.74, 6) is 0.352. The fraction of sp³-hybridized carbons (Fsp3) is 0.250. The zero-order valence-electron chi connectivity index (χ0n) is 11.4. The van der Waals surface area contributed by atoms with Crippen molar-refractivity contribution < 1.29 is 14.2 Å². The topological polar surface area (TPSA) is 29.5 Å². The van der Waals surface area contributed by atoms with Gasteiger partial charge in [-0.25, -0.2) is 4.39 Å². The molecular formula is C16H16FIO2. The van der Waals surface area contributed by atoms with Gasteiger partial charge in [0.05, 0.1) is 6.61 Å². The van der Waals surface area contributed by atoms with Crippen LogP contribution >= 0.6 is 22.6 Å². The van der Waals surface area contributed by atoms with Crippen LogP contribution in [0.2, 0.25) is 0 Å².